The summed E-state index contributed by atoms with van der Waals surface area (Å²) in [6.45, 7) is 3.47. The predicted molar refractivity (Wildman–Crippen MR) is 54.9 cm³/mol. The lowest BCUT2D eigenvalue weighted by molar-refractivity contribution is -0.147. The van der Waals surface area contributed by atoms with E-state index in [0.717, 1.165) is 0 Å². The van der Waals surface area contributed by atoms with Crippen molar-refractivity contribution >= 4 is 13.1 Å². The first-order valence-electron chi connectivity index (χ1n) is 4.16. The number of rotatable bonds is 6. The van der Waals surface area contributed by atoms with Crippen molar-refractivity contribution in [1.82, 2.24) is 0 Å². The molecule has 0 fully saturated rings. The molecule has 0 heterocycles. The second kappa shape index (κ2) is 6.64. The van der Waals surface area contributed by atoms with E-state index in [2.05, 4.69) is 10.7 Å². The lowest BCUT2D eigenvalue weighted by atomic mass is 10.7. The summed E-state index contributed by atoms with van der Waals surface area (Å²) >= 11 is 0. The van der Waals surface area contributed by atoms with Crippen LogP contribution in [0.2, 0.25) is 0 Å². The molecule has 0 bridgehead atoms. The Balaban J connectivity index is 3.42. The number of hydrogen-bond donors (Lipinski definition) is 0. The van der Waals surface area contributed by atoms with Gasteiger partial charge in [0.05, 0.1) is 13.7 Å². The molecule has 0 spiro atoms. The van der Waals surface area contributed by atoms with Crippen LogP contribution in [0.3, 0.4) is 0 Å². The molecule has 0 saturated carbocycles. The summed E-state index contributed by atoms with van der Waals surface area (Å²) < 4.78 is 20.7. The van der Waals surface area contributed by atoms with Gasteiger partial charge in [0.25, 0.3) is 0 Å². The third kappa shape index (κ3) is 9.31. The van der Waals surface area contributed by atoms with Gasteiger partial charge in [-0.3, -0.25) is 0 Å². The summed E-state index contributed by atoms with van der Waals surface area (Å²) in [4.78, 5) is 10.8. The Bertz CT molecular complexity index is 260. The fourth-order valence-corrected chi connectivity index (χ4v) is 1.17. The van der Waals surface area contributed by atoms with E-state index in [9.17, 15) is 9.36 Å². The van der Waals surface area contributed by atoms with Gasteiger partial charge in [-0.1, -0.05) is 5.92 Å². The molecule has 0 unspecified atom stereocenters. The zero-order valence-electron chi connectivity index (χ0n) is 8.49. The molecule has 0 atom stereocenters. The number of terminal acetylenes is 1. The van der Waals surface area contributed by atoms with E-state index >= 15 is 0 Å². The molecule has 0 N–H and O–H groups in total. The fraction of sp³-hybridized carbons (Fsp3) is 0.667. The van der Waals surface area contributed by atoms with Crippen molar-refractivity contribution in [3.8, 4) is 12.3 Å². The molecule has 0 aromatic heterocycles. The van der Waals surface area contributed by atoms with Crippen LogP contribution in [0, 0.1) is 12.3 Å². The Hall–Kier alpha value is -0.780. The number of ether oxygens (including phenoxy) is 2. The molecule has 5 heteroatoms. The highest BCUT2D eigenvalue weighted by Crippen LogP contribution is 2.34. The highest BCUT2D eigenvalue weighted by molar-refractivity contribution is 7.62. The van der Waals surface area contributed by atoms with Crippen LogP contribution in [0.4, 0.5) is 0 Å². The SMILES string of the molecule is C#CCOC(=O)COCCP(C)(C)=O. The Morgan fingerprint density at radius 2 is 2.14 bits per heavy atom. The maximum absolute atomic E-state index is 11.2. The zero-order chi connectivity index (χ0) is 11.0. The van der Waals surface area contributed by atoms with Gasteiger partial charge < -0.3 is 14.0 Å². The molecule has 0 rings (SSSR count). The molecule has 0 aromatic rings. The van der Waals surface area contributed by atoms with Crippen molar-refractivity contribution in [3.63, 3.8) is 0 Å². The van der Waals surface area contributed by atoms with Gasteiger partial charge in [-0.05, 0) is 13.3 Å². The van der Waals surface area contributed by atoms with E-state index in [1.165, 1.54) is 0 Å². The average Bonchev–Trinajstić information content (AvgIpc) is 2.07. The van der Waals surface area contributed by atoms with Crippen LogP contribution in [0.15, 0.2) is 0 Å². The second-order valence-electron chi connectivity index (χ2n) is 3.21. The molecule has 0 aliphatic rings. The van der Waals surface area contributed by atoms with E-state index in [4.69, 9.17) is 11.2 Å². The maximum Gasteiger partial charge on any atom is 0.333 e. The Morgan fingerprint density at radius 1 is 1.50 bits per heavy atom. The number of hydrogen-bond acceptors (Lipinski definition) is 4. The van der Waals surface area contributed by atoms with E-state index in [1.807, 2.05) is 0 Å². The molecule has 0 aliphatic carbocycles. The van der Waals surface area contributed by atoms with Gasteiger partial charge in [0, 0.05) is 6.16 Å². The minimum absolute atomic E-state index is 0.0394. The van der Waals surface area contributed by atoms with Gasteiger partial charge in [-0.15, -0.1) is 6.42 Å². The molecule has 14 heavy (non-hydrogen) atoms. The molecule has 0 amide bonds. The molecular weight excluding hydrogens is 203 g/mol. The molecule has 0 radical (unpaired) electrons. The van der Waals surface area contributed by atoms with Gasteiger partial charge in [-0.2, -0.15) is 0 Å². The summed E-state index contributed by atoms with van der Waals surface area (Å²) in [6, 6.07) is 0. The van der Waals surface area contributed by atoms with Crippen LogP contribution in [0.1, 0.15) is 0 Å². The van der Waals surface area contributed by atoms with Crippen molar-refractivity contribution in [3.05, 3.63) is 0 Å². The number of carbonyl (C=O) groups excluding carboxylic acids is 1. The predicted octanol–water partition coefficient (Wildman–Crippen LogP) is 0.802. The van der Waals surface area contributed by atoms with Crippen LogP contribution in [-0.4, -0.2) is 45.3 Å². The second-order valence-corrected chi connectivity index (χ2v) is 6.81. The Labute approximate surface area is 84.3 Å². The van der Waals surface area contributed by atoms with Crippen LogP contribution in [0.25, 0.3) is 0 Å². The zero-order valence-corrected chi connectivity index (χ0v) is 9.38. The summed E-state index contributed by atoms with van der Waals surface area (Å²) in [5, 5.41) is 0. The smallest absolute Gasteiger partial charge is 0.333 e. The molecule has 0 aliphatic heterocycles. The van der Waals surface area contributed by atoms with E-state index in [-0.39, 0.29) is 13.2 Å². The minimum atomic E-state index is -2.06. The monoisotopic (exact) mass is 218 g/mol. The summed E-state index contributed by atoms with van der Waals surface area (Å²) in [6.07, 6.45) is 5.35. The van der Waals surface area contributed by atoms with E-state index < -0.39 is 13.1 Å². The van der Waals surface area contributed by atoms with Gasteiger partial charge in [-0.25, -0.2) is 4.79 Å². The van der Waals surface area contributed by atoms with E-state index in [1.54, 1.807) is 13.3 Å². The van der Waals surface area contributed by atoms with Crippen LogP contribution in [-0.2, 0) is 18.8 Å². The Morgan fingerprint density at radius 3 is 2.64 bits per heavy atom. The highest BCUT2D eigenvalue weighted by atomic mass is 31.2. The van der Waals surface area contributed by atoms with Crippen LogP contribution < -0.4 is 0 Å². The quantitative estimate of drug-likeness (QED) is 0.286. The standard InChI is InChI=1S/C9H15O4P/c1-4-5-13-9(10)8-12-6-7-14(2,3)11/h1H,5-8H2,2-3H3. The molecule has 0 aromatic carbocycles. The van der Waals surface area contributed by atoms with Gasteiger partial charge in [0.15, 0.2) is 6.61 Å². The number of carbonyl (C=O) groups is 1. The largest absolute Gasteiger partial charge is 0.451 e. The minimum Gasteiger partial charge on any atom is -0.451 e. The highest BCUT2D eigenvalue weighted by Gasteiger charge is 2.07. The topological polar surface area (TPSA) is 52.6 Å². The normalized spacial score (nSPS) is 10.6. The lowest BCUT2D eigenvalue weighted by Gasteiger charge is -2.06. The average molecular weight is 218 g/mol. The third-order valence-electron chi connectivity index (χ3n) is 1.31. The first-order valence-corrected chi connectivity index (χ1v) is 6.95. The molecule has 0 saturated heterocycles. The van der Waals surface area contributed by atoms with Gasteiger partial charge in [0.1, 0.15) is 6.61 Å². The Kier molecular flexibility index (Phi) is 6.27. The first kappa shape index (κ1) is 13.2. The van der Waals surface area contributed by atoms with Crippen molar-refractivity contribution in [2.24, 2.45) is 0 Å². The number of esters is 1. The lowest BCUT2D eigenvalue weighted by Crippen LogP contribution is -2.14. The van der Waals surface area contributed by atoms with Crippen molar-refractivity contribution < 1.29 is 18.8 Å². The summed E-state index contributed by atoms with van der Waals surface area (Å²) in [5.41, 5.74) is 0. The van der Waals surface area contributed by atoms with Crippen molar-refractivity contribution in [2.45, 2.75) is 0 Å². The van der Waals surface area contributed by atoms with Crippen molar-refractivity contribution in [2.75, 3.05) is 39.3 Å². The molecule has 80 valence electrons. The first-order chi connectivity index (χ1) is 6.45. The maximum atomic E-state index is 11.2. The van der Waals surface area contributed by atoms with Crippen LogP contribution >= 0.6 is 7.14 Å². The van der Waals surface area contributed by atoms with Crippen LogP contribution in [0.5, 0.6) is 0 Å². The van der Waals surface area contributed by atoms with Gasteiger partial charge in [0.2, 0.25) is 0 Å². The van der Waals surface area contributed by atoms with E-state index in [0.29, 0.717) is 12.8 Å². The molecule has 4 nitrogen and oxygen atoms in total. The molecular formula is C9H15O4P. The summed E-state index contributed by atoms with van der Waals surface area (Å²) in [7, 11) is -2.06. The fourth-order valence-electron chi connectivity index (χ4n) is 0.604. The van der Waals surface area contributed by atoms with Gasteiger partial charge >= 0.3 is 5.97 Å². The van der Waals surface area contributed by atoms with Crippen molar-refractivity contribution in [1.29, 1.82) is 0 Å². The third-order valence-corrected chi connectivity index (χ3v) is 2.57. The summed E-state index contributed by atoms with van der Waals surface area (Å²) in [5.74, 6) is 1.67.